The molecule has 0 aliphatic rings. The van der Waals surface area contributed by atoms with Crippen molar-refractivity contribution in [3.63, 3.8) is 0 Å². The Morgan fingerprint density at radius 1 is 1.20 bits per heavy atom. The molecule has 0 radical (unpaired) electrons. The average molecular weight is 232 g/mol. The molecule has 0 amide bonds. The molecule has 1 atom stereocenters. The highest BCUT2D eigenvalue weighted by molar-refractivity contribution is 8.01. The summed E-state index contributed by atoms with van der Waals surface area (Å²) in [4.78, 5) is 11.1. The second-order valence-electron chi connectivity index (χ2n) is 4.13. The summed E-state index contributed by atoms with van der Waals surface area (Å²) in [6.45, 7) is 6.06. The standard InChI is InChI=1S/C12H24O2S/c1-4-6-7-8-9-10-12(3,11(13)14)15-5-2/h4-10H2,1-3H3,(H,13,14). The smallest absolute Gasteiger partial charge is 0.319 e. The van der Waals surface area contributed by atoms with Crippen molar-refractivity contribution >= 4 is 17.7 Å². The molecule has 0 spiro atoms. The minimum absolute atomic E-state index is 0.568. The normalized spacial score (nSPS) is 14.9. The maximum Gasteiger partial charge on any atom is 0.319 e. The molecule has 3 heteroatoms. The van der Waals surface area contributed by atoms with Gasteiger partial charge in [0, 0.05) is 0 Å². The van der Waals surface area contributed by atoms with Crippen molar-refractivity contribution in [2.75, 3.05) is 5.75 Å². The van der Waals surface area contributed by atoms with Crippen LogP contribution < -0.4 is 0 Å². The number of unbranched alkanes of at least 4 members (excludes halogenated alkanes) is 4. The minimum atomic E-state index is -0.662. The Morgan fingerprint density at radius 2 is 1.80 bits per heavy atom. The molecule has 0 aliphatic carbocycles. The van der Waals surface area contributed by atoms with Crippen molar-refractivity contribution in [3.8, 4) is 0 Å². The lowest BCUT2D eigenvalue weighted by atomic mass is 10.0. The van der Waals surface area contributed by atoms with E-state index in [1.807, 2.05) is 13.8 Å². The first-order valence-corrected chi connectivity index (χ1v) is 6.92. The fourth-order valence-corrected chi connectivity index (χ4v) is 2.67. The number of carbonyl (C=O) groups is 1. The number of aliphatic carboxylic acids is 1. The number of rotatable bonds is 9. The van der Waals surface area contributed by atoms with Gasteiger partial charge in [0.05, 0.1) is 0 Å². The Morgan fingerprint density at radius 3 is 2.27 bits per heavy atom. The van der Waals surface area contributed by atoms with Gasteiger partial charge < -0.3 is 5.11 Å². The average Bonchev–Trinajstić information content (AvgIpc) is 2.18. The van der Waals surface area contributed by atoms with Gasteiger partial charge in [0.1, 0.15) is 4.75 Å². The van der Waals surface area contributed by atoms with Crippen LogP contribution in [0.1, 0.15) is 59.3 Å². The van der Waals surface area contributed by atoms with Crippen LogP contribution in [0.4, 0.5) is 0 Å². The van der Waals surface area contributed by atoms with Gasteiger partial charge in [-0.3, -0.25) is 4.79 Å². The summed E-state index contributed by atoms with van der Waals surface area (Å²) in [5.41, 5.74) is 0. The van der Waals surface area contributed by atoms with Gasteiger partial charge in [-0.15, -0.1) is 11.8 Å². The van der Waals surface area contributed by atoms with E-state index in [-0.39, 0.29) is 0 Å². The lowest BCUT2D eigenvalue weighted by Gasteiger charge is -2.23. The summed E-state index contributed by atoms with van der Waals surface area (Å²) >= 11 is 1.55. The lowest BCUT2D eigenvalue weighted by molar-refractivity contribution is -0.139. The fourth-order valence-electron chi connectivity index (χ4n) is 1.63. The Kier molecular flexibility index (Phi) is 7.93. The van der Waals surface area contributed by atoms with E-state index in [1.54, 1.807) is 11.8 Å². The van der Waals surface area contributed by atoms with Crippen LogP contribution in [0.2, 0.25) is 0 Å². The van der Waals surface area contributed by atoms with E-state index >= 15 is 0 Å². The zero-order valence-corrected chi connectivity index (χ0v) is 11.0. The number of carboxylic acid groups (broad SMARTS) is 1. The third-order valence-electron chi connectivity index (χ3n) is 2.67. The van der Waals surface area contributed by atoms with Crippen molar-refractivity contribution < 1.29 is 9.90 Å². The first-order valence-electron chi connectivity index (χ1n) is 5.94. The first kappa shape index (κ1) is 14.8. The van der Waals surface area contributed by atoms with Crippen LogP contribution in [-0.4, -0.2) is 21.6 Å². The van der Waals surface area contributed by atoms with Gasteiger partial charge in [-0.05, 0) is 19.1 Å². The van der Waals surface area contributed by atoms with Gasteiger partial charge in [-0.1, -0.05) is 46.0 Å². The molecule has 0 bridgehead atoms. The summed E-state index contributed by atoms with van der Waals surface area (Å²) in [6, 6.07) is 0. The van der Waals surface area contributed by atoms with Gasteiger partial charge in [-0.2, -0.15) is 0 Å². The third kappa shape index (κ3) is 6.08. The molecule has 0 aromatic heterocycles. The van der Waals surface area contributed by atoms with Gasteiger partial charge in [-0.25, -0.2) is 0 Å². The van der Waals surface area contributed by atoms with Crippen molar-refractivity contribution in [1.82, 2.24) is 0 Å². The zero-order chi connectivity index (χ0) is 11.7. The molecule has 0 heterocycles. The highest BCUT2D eigenvalue weighted by atomic mass is 32.2. The number of thioether (sulfide) groups is 1. The van der Waals surface area contributed by atoms with Crippen LogP contribution in [-0.2, 0) is 4.79 Å². The second kappa shape index (κ2) is 8.03. The second-order valence-corrected chi connectivity index (χ2v) is 5.90. The van der Waals surface area contributed by atoms with Crippen molar-refractivity contribution in [2.45, 2.75) is 64.0 Å². The maximum absolute atomic E-state index is 11.1. The van der Waals surface area contributed by atoms with Crippen molar-refractivity contribution in [3.05, 3.63) is 0 Å². The third-order valence-corrected chi connectivity index (χ3v) is 3.98. The predicted molar refractivity (Wildman–Crippen MR) is 67.5 cm³/mol. The van der Waals surface area contributed by atoms with Crippen molar-refractivity contribution in [1.29, 1.82) is 0 Å². The topological polar surface area (TPSA) is 37.3 Å². The number of hydrogen-bond donors (Lipinski definition) is 1. The van der Waals surface area contributed by atoms with E-state index in [2.05, 4.69) is 6.92 Å². The van der Waals surface area contributed by atoms with E-state index in [0.717, 1.165) is 18.6 Å². The Bertz CT molecular complexity index is 182. The van der Waals surface area contributed by atoms with Crippen LogP contribution in [0.5, 0.6) is 0 Å². The molecule has 0 aromatic carbocycles. The van der Waals surface area contributed by atoms with Crippen LogP contribution in [0.15, 0.2) is 0 Å². The van der Waals surface area contributed by atoms with Crippen molar-refractivity contribution in [2.24, 2.45) is 0 Å². The Hall–Kier alpha value is -0.180. The van der Waals surface area contributed by atoms with E-state index < -0.39 is 10.7 Å². The molecule has 1 unspecified atom stereocenters. The summed E-state index contributed by atoms with van der Waals surface area (Å²) in [5, 5.41) is 9.15. The quantitative estimate of drug-likeness (QED) is 0.612. The van der Waals surface area contributed by atoms with Gasteiger partial charge in [0.15, 0.2) is 0 Å². The van der Waals surface area contributed by atoms with Crippen LogP contribution in [0, 0.1) is 0 Å². The highest BCUT2D eigenvalue weighted by Crippen LogP contribution is 2.31. The predicted octanol–water partition coefficient (Wildman–Crippen LogP) is 3.94. The molecule has 0 aromatic rings. The zero-order valence-electron chi connectivity index (χ0n) is 10.2. The largest absolute Gasteiger partial charge is 0.480 e. The molecule has 0 saturated heterocycles. The summed E-state index contributed by atoms with van der Waals surface area (Å²) in [7, 11) is 0. The number of hydrogen-bond acceptors (Lipinski definition) is 2. The summed E-state index contributed by atoms with van der Waals surface area (Å²) in [5.74, 6) is 0.211. The van der Waals surface area contributed by atoms with E-state index in [1.165, 1.54) is 25.7 Å². The van der Waals surface area contributed by atoms with E-state index in [9.17, 15) is 4.79 Å². The van der Waals surface area contributed by atoms with Gasteiger partial charge in [0.25, 0.3) is 0 Å². The summed E-state index contributed by atoms with van der Waals surface area (Å²) in [6.07, 6.45) is 6.74. The van der Waals surface area contributed by atoms with Gasteiger partial charge >= 0.3 is 5.97 Å². The fraction of sp³-hybridized carbons (Fsp3) is 0.917. The molecule has 0 saturated carbocycles. The highest BCUT2D eigenvalue weighted by Gasteiger charge is 2.32. The van der Waals surface area contributed by atoms with Crippen LogP contribution in [0.3, 0.4) is 0 Å². The Balaban J connectivity index is 3.81. The molecule has 90 valence electrons. The first-order chi connectivity index (χ1) is 7.06. The van der Waals surface area contributed by atoms with E-state index in [0.29, 0.717) is 0 Å². The summed E-state index contributed by atoms with van der Waals surface area (Å²) < 4.78 is -0.568. The lowest BCUT2D eigenvalue weighted by Crippen LogP contribution is -2.31. The molecule has 0 aliphatic heterocycles. The molecular formula is C12H24O2S. The SMILES string of the molecule is CCCCCCCC(C)(SCC)C(=O)O. The molecular weight excluding hydrogens is 208 g/mol. The minimum Gasteiger partial charge on any atom is -0.480 e. The molecule has 1 N–H and O–H groups in total. The van der Waals surface area contributed by atoms with E-state index in [4.69, 9.17) is 5.11 Å². The molecule has 0 fully saturated rings. The maximum atomic E-state index is 11.1. The van der Waals surface area contributed by atoms with Crippen LogP contribution in [0.25, 0.3) is 0 Å². The molecule has 15 heavy (non-hydrogen) atoms. The molecule has 2 nitrogen and oxygen atoms in total. The number of carboxylic acids is 1. The monoisotopic (exact) mass is 232 g/mol. The molecule has 0 rings (SSSR count). The van der Waals surface area contributed by atoms with Gasteiger partial charge in [0.2, 0.25) is 0 Å². The van der Waals surface area contributed by atoms with Crippen LogP contribution >= 0.6 is 11.8 Å². The Labute approximate surface area is 97.8 Å².